The fraction of sp³-hybridized carbons (Fsp3) is 0.667. The summed E-state index contributed by atoms with van der Waals surface area (Å²) in [7, 11) is 0. The molecule has 1 aromatic heterocycles. The zero-order chi connectivity index (χ0) is 8.85. The number of oxazole rings is 1. The minimum absolute atomic E-state index is 0.750. The molecule has 0 saturated heterocycles. The van der Waals surface area contributed by atoms with Gasteiger partial charge in [0.05, 0.1) is 5.69 Å². The molecule has 2 nitrogen and oxygen atoms in total. The smallest absolute Gasteiger partial charge is 0.191 e. The van der Waals surface area contributed by atoms with Crippen molar-refractivity contribution in [3.8, 4) is 0 Å². The number of nitrogens with zero attached hydrogens (tertiary/aromatic N) is 1. The summed E-state index contributed by atoms with van der Waals surface area (Å²) in [6.07, 6.45) is 1.25. The Morgan fingerprint density at radius 3 is 1.73 bits per heavy atom. The summed E-state index contributed by atoms with van der Waals surface area (Å²) in [5, 5.41) is 0. The standard InChI is InChI=1S/C6H9NO.C3H8/c1-4-5(2)8-6(3)7-4;1-3-2/h1-3H3;3H2,1-2H3. The van der Waals surface area contributed by atoms with Crippen LogP contribution in [-0.2, 0) is 0 Å². The molecule has 0 fully saturated rings. The molecule has 0 aliphatic heterocycles. The van der Waals surface area contributed by atoms with E-state index in [0.717, 1.165) is 17.3 Å². The van der Waals surface area contributed by atoms with Gasteiger partial charge < -0.3 is 4.42 Å². The van der Waals surface area contributed by atoms with Crippen molar-refractivity contribution in [1.82, 2.24) is 4.98 Å². The molecule has 0 saturated carbocycles. The summed E-state index contributed by atoms with van der Waals surface area (Å²) >= 11 is 0. The summed E-state index contributed by atoms with van der Waals surface area (Å²) in [6.45, 7) is 9.95. The van der Waals surface area contributed by atoms with E-state index in [2.05, 4.69) is 18.8 Å². The molecule has 0 amide bonds. The fourth-order valence-corrected chi connectivity index (χ4v) is 0.633. The van der Waals surface area contributed by atoms with Crippen molar-refractivity contribution in [2.75, 3.05) is 0 Å². The maximum Gasteiger partial charge on any atom is 0.191 e. The van der Waals surface area contributed by atoms with Crippen molar-refractivity contribution in [2.45, 2.75) is 41.0 Å². The van der Waals surface area contributed by atoms with E-state index in [1.54, 1.807) is 0 Å². The number of aryl methyl sites for hydroxylation is 3. The van der Waals surface area contributed by atoms with Crippen LogP contribution in [0.5, 0.6) is 0 Å². The Labute approximate surface area is 68.6 Å². The van der Waals surface area contributed by atoms with Gasteiger partial charge in [-0.05, 0) is 13.8 Å². The molecule has 0 spiro atoms. The third-order valence-electron chi connectivity index (χ3n) is 1.14. The molecule has 1 heterocycles. The van der Waals surface area contributed by atoms with Crippen LogP contribution in [0.4, 0.5) is 0 Å². The second-order valence-electron chi connectivity index (χ2n) is 2.58. The molecule has 0 bridgehead atoms. The third kappa shape index (κ3) is 3.81. The molecule has 2 heteroatoms. The van der Waals surface area contributed by atoms with Crippen molar-refractivity contribution >= 4 is 0 Å². The summed E-state index contributed by atoms with van der Waals surface area (Å²) in [6, 6.07) is 0. The monoisotopic (exact) mass is 155 g/mol. The molecule has 0 unspecified atom stereocenters. The molecule has 11 heavy (non-hydrogen) atoms. The van der Waals surface area contributed by atoms with Gasteiger partial charge in [-0.1, -0.05) is 20.3 Å². The average molecular weight is 155 g/mol. The van der Waals surface area contributed by atoms with Gasteiger partial charge in [0.25, 0.3) is 0 Å². The summed E-state index contributed by atoms with van der Waals surface area (Å²) in [5.41, 5.74) is 0.988. The van der Waals surface area contributed by atoms with E-state index in [1.807, 2.05) is 20.8 Å². The first-order chi connectivity index (χ1) is 5.11. The predicted molar refractivity (Wildman–Crippen MR) is 46.7 cm³/mol. The SMILES string of the molecule is CCC.Cc1nc(C)c(C)o1. The van der Waals surface area contributed by atoms with E-state index in [0.29, 0.717) is 0 Å². The molecule has 0 aromatic carbocycles. The molecule has 0 atom stereocenters. The Hall–Kier alpha value is -0.790. The molecule has 0 N–H and O–H groups in total. The predicted octanol–water partition coefficient (Wildman–Crippen LogP) is 3.02. The summed E-state index contributed by atoms with van der Waals surface area (Å²) in [5.74, 6) is 1.67. The fourth-order valence-electron chi connectivity index (χ4n) is 0.633. The molecule has 0 aliphatic carbocycles. The van der Waals surface area contributed by atoms with Crippen molar-refractivity contribution in [2.24, 2.45) is 0 Å². The number of aromatic nitrogens is 1. The van der Waals surface area contributed by atoms with Gasteiger partial charge in [0, 0.05) is 6.92 Å². The molecule has 0 aliphatic rings. The van der Waals surface area contributed by atoms with Gasteiger partial charge in [-0.2, -0.15) is 0 Å². The van der Waals surface area contributed by atoms with Gasteiger partial charge in [0.15, 0.2) is 5.89 Å². The van der Waals surface area contributed by atoms with Crippen LogP contribution in [0.25, 0.3) is 0 Å². The first kappa shape index (κ1) is 10.2. The largest absolute Gasteiger partial charge is 0.446 e. The molecule has 0 radical (unpaired) electrons. The highest BCUT2D eigenvalue weighted by molar-refractivity contribution is 5.03. The molecular weight excluding hydrogens is 138 g/mol. The van der Waals surface area contributed by atoms with Crippen LogP contribution in [-0.4, -0.2) is 4.98 Å². The van der Waals surface area contributed by atoms with Crippen LogP contribution in [0, 0.1) is 20.8 Å². The normalized spacial score (nSPS) is 8.82. The van der Waals surface area contributed by atoms with E-state index in [4.69, 9.17) is 4.42 Å². The zero-order valence-corrected chi connectivity index (χ0v) is 8.06. The lowest BCUT2D eigenvalue weighted by molar-refractivity contribution is 0.493. The molecule has 1 rings (SSSR count). The van der Waals surface area contributed by atoms with Crippen LogP contribution in [0.15, 0.2) is 4.42 Å². The van der Waals surface area contributed by atoms with Gasteiger partial charge in [-0.3, -0.25) is 0 Å². The van der Waals surface area contributed by atoms with Crippen LogP contribution in [0.3, 0.4) is 0 Å². The van der Waals surface area contributed by atoms with Crippen LogP contribution in [0.1, 0.15) is 37.6 Å². The minimum atomic E-state index is 0.750. The van der Waals surface area contributed by atoms with Crippen LogP contribution >= 0.6 is 0 Å². The van der Waals surface area contributed by atoms with Crippen molar-refractivity contribution in [1.29, 1.82) is 0 Å². The van der Waals surface area contributed by atoms with Crippen LogP contribution < -0.4 is 0 Å². The van der Waals surface area contributed by atoms with Crippen molar-refractivity contribution in [3.63, 3.8) is 0 Å². The van der Waals surface area contributed by atoms with Crippen LogP contribution in [0.2, 0.25) is 0 Å². The lowest BCUT2D eigenvalue weighted by Gasteiger charge is -1.77. The van der Waals surface area contributed by atoms with E-state index >= 15 is 0 Å². The average Bonchev–Trinajstić information content (AvgIpc) is 2.12. The van der Waals surface area contributed by atoms with Crippen molar-refractivity contribution < 1.29 is 4.42 Å². The highest BCUT2D eigenvalue weighted by Crippen LogP contribution is 2.05. The lowest BCUT2D eigenvalue weighted by atomic mass is 10.4. The molecular formula is C9H17NO. The minimum Gasteiger partial charge on any atom is -0.446 e. The first-order valence-electron chi connectivity index (χ1n) is 4.02. The highest BCUT2D eigenvalue weighted by Gasteiger charge is 1.97. The summed E-state index contributed by atoms with van der Waals surface area (Å²) in [4.78, 5) is 4.04. The maximum atomic E-state index is 5.10. The van der Waals surface area contributed by atoms with Gasteiger partial charge in [0.2, 0.25) is 0 Å². The van der Waals surface area contributed by atoms with Gasteiger partial charge >= 0.3 is 0 Å². The number of hydrogen-bond acceptors (Lipinski definition) is 2. The van der Waals surface area contributed by atoms with Crippen molar-refractivity contribution in [3.05, 3.63) is 17.3 Å². The quantitative estimate of drug-likeness (QED) is 0.575. The lowest BCUT2D eigenvalue weighted by Crippen LogP contribution is -1.71. The number of rotatable bonds is 0. The number of hydrogen-bond donors (Lipinski definition) is 0. The van der Waals surface area contributed by atoms with Gasteiger partial charge in [0.1, 0.15) is 5.76 Å². The second kappa shape index (κ2) is 4.94. The van der Waals surface area contributed by atoms with Gasteiger partial charge in [-0.25, -0.2) is 4.98 Å². The van der Waals surface area contributed by atoms with E-state index in [9.17, 15) is 0 Å². The molecule has 1 aromatic rings. The Balaban J connectivity index is 0.000000292. The highest BCUT2D eigenvalue weighted by atomic mass is 16.4. The Kier molecular flexibility index (Phi) is 4.59. The maximum absolute atomic E-state index is 5.10. The van der Waals surface area contributed by atoms with E-state index in [-0.39, 0.29) is 0 Å². The second-order valence-corrected chi connectivity index (χ2v) is 2.58. The van der Waals surface area contributed by atoms with Gasteiger partial charge in [-0.15, -0.1) is 0 Å². The third-order valence-corrected chi connectivity index (χ3v) is 1.14. The summed E-state index contributed by atoms with van der Waals surface area (Å²) < 4.78 is 5.10. The van der Waals surface area contributed by atoms with E-state index in [1.165, 1.54) is 6.42 Å². The Morgan fingerprint density at radius 2 is 1.64 bits per heavy atom. The van der Waals surface area contributed by atoms with E-state index < -0.39 is 0 Å². The Bertz CT molecular complexity index is 184. The Morgan fingerprint density at radius 1 is 1.18 bits per heavy atom. The topological polar surface area (TPSA) is 26.0 Å². The first-order valence-corrected chi connectivity index (χ1v) is 4.02. The molecule has 64 valence electrons. The zero-order valence-electron chi connectivity index (χ0n) is 8.06.